The Bertz CT molecular complexity index is 402. The molecule has 1 atom stereocenters. The maximum atomic E-state index is 11.6. The number of thiocarbonyl (C=S) groups is 1. The van der Waals surface area contributed by atoms with Gasteiger partial charge in [-0.1, -0.05) is 37.3 Å². The Kier molecular flexibility index (Phi) is 14.9. The molecule has 0 heterocycles. The molecule has 0 aromatic rings. The molecule has 0 rings (SSSR count). The van der Waals surface area contributed by atoms with Crippen LogP contribution in [0.25, 0.3) is 0 Å². The number of nitrogens with one attached hydrogen (secondary N) is 1. The van der Waals surface area contributed by atoms with Crippen molar-refractivity contribution in [1.82, 2.24) is 5.32 Å². The van der Waals surface area contributed by atoms with Gasteiger partial charge < -0.3 is 9.87 Å². The fraction of sp³-hybridized carbons (Fsp3) is 0.800. The van der Waals surface area contributed by atoms with Crippen LogP contribution >= 0.6 is 35.7 Å². The van der Waals surface area contributed by atoms with E-state index in [1.54, 1.807) is 18.7 Å². The Balaban J connectivity index is 0. The molecular weight excluding hydrogens is 349 g/mol. The summed E-state index contributed by atoms with van der Waals surface area (Å²) in [6.45, 7) is 3.63. The number of carbonyl (C=O) groups excluding carboxylic acids is 1. The van der Waals surface area contributed by atoms with E-state index < -0.39 is 21.1 Å². The van der Waals surface area contributed by atoms with Gasteiger partial charge in [0, 0.05) is 6.54 Å². The van der Waals surface area contributed by atoms with Crippen molar-refractivity contribution in [3.05, 3.63) is 0 Å². The topological polar surface area (TPSA) is 86.3 Å². The van der Waals surface area contributed by atoms with Crippen molar-refractivity contribution in [3.63, 3.8) is 0 Å². The molecule has 0 spiro atoms. The second-order valence-electron chi connectivity index (χ2n) is 3.76. The largest absolute Gasteiger partial charge is 1.00 e. The summed E-state index contributed by atoms with van der Waals surface area (Å²) in [5.74, 6) is 0.0313. The Morgan fingerprint density at radius 1 is 1.45 bits per heavy atom. The van der Waals surface area contributed by atoms with E-state index in [4.69, 9.17) is 12.2 Å². The van der Waals surface area contributed by atoms with Crippen LogP contribution in [0.2, 0.25) is 0 Å². The van der Waals surface area contributed by atoms with Gasteiger partial charge in [0.1, 0.15) is 3.53 Å². The van der Waals surface area contributed by atoms with Crippen molar-refractivity contribution in [2.75, 3.05) is 18.1 Å². The SMILES string of the molecule is CCCCSC(=S)SC(C)C(=O)NCCS(=O)(=O)[O-].[Na+]. The molecule has 5 nitrogen and oxygen atoms in total. The fourth-order valence-corrected chi connectivity index (χ4v) is 4.04. The zero-order valence-electron chi connectivity index (χ0n) is 11.9. The molecule has 0 saturated heterocycles. The summed E-state index contributed by atoms with van der Waals surface area (Å²) in [5.41, 5.74) is 0. The van der Waals surface area contributed by atoms with Gasteiger partial charge in [-0.3, -0.25) is 4.79 Å². The molecule has 0 aliphatic carbocycles. The fourth-order valence-electron chi connectivity index (χ4n) is 0.975. The molecule has 0 bridgehead atoms. The number of rotatable bonds is 8. The van der Waals surface area contributed by atoms with E-state index in [0.29, 0.717) is 3.53 Å². The number of carbonyl (C=O) groups is 1. The van der Waals surface area contributed by atoms with Crippen LogP contribution in [0.3, 0.4) is 0 Å². The number of amides is 1. The van der Waals surface area contributed by atoms with Gasteiger partial charge in [-0.2, -0.15) is 0 Å². The maximum Gasteiger partial charge on any atom is 1.00 e. The molecule has 1 unspecified atom stereocenters. The van der Waals surface area contributed by atoms with Crippen LogP contribution in [0.15, 0.2) is 0 Å². The average Bonchev–Trinajstić information content (AvgIpc) is 2.27. The van der Waals surface area contributed by atoms with E-state index in [-0.39, 0.29) is 42.0 Å². The van der Waals surface area contributed by atoms with Crippen LogP contribution in [0.1, 0.15) is 26.7 Å². The quantitative estimate of drug-likeness (QED) is 0.244. The molecule has 10 heteroatoms. The van der Waals surface area contributed by atoms with Gasteiger partial charge in [-0.15, -0.1) is 11.8 Å². The second kappa shape index (κ2) is 12.7. The van der Waals surface area contributed by atoms with E-state index in [9.17, 15) is 17.8 Å². The van der Waals surface area contributed by atoms with Gasteiger partial charge in [0.2, 0.25) is 5.91 Å². The van der Waals surface area contributed by atoms with Crippen LogP contribution in [0, 0.1) is 0 Å². The molecule has 0 aromatic carbocycles. The molecule has 0 aromatic heterocycles. The molecule has 1 N–H and O–H groups in total. The Morgan fingerprint density at radius 2 is 2.05 bits per heavy atom. The number of hydrogen-bond donors (Lipinski definition) is 1. The van der Waals surface area contributed by atoms with E-state index in [1.807, 2.05) is 0 Å². The number of hydrogen-bond acceptors (Lipinski definition) is 7. The van der Waals surface area contributed by atoms with Crippen molar-refractivity contribution in [2.24, 2.45) is 0 Å². The predicted molar refractivity (Wildman–Crippen MR) is 84.6 cm³/mol. The van der Waals surface area contributed by atoms with Gasteiger partial charge in [0.05, 0.1) is 21.1 Å². The third-order valence-electron chi connectivity index (χ3n) is 2.01. The summed E-state index contributed by atoms with van der Waals surface area (Å²) in [7, 11) is -4.28. The first-order valence-electron chi connectivity index (χ1n) is 5.81. The second-order valence-corrected chi connectivity index (χ2v) is 8.93. The summed E-state index contributed by atoms with van der Waals surface area (Å²) in [6.07, 6.45) is 2.17. The van der Waals surface area contributed by atoms with Crippen molar-refractivity contribution in [1.29, 1.82) is 0 Å². The summed E-state index contributed by atoms with van der Waals surface area (Å²) >= 11 is 7.95. The van der Waals surface area contributed by atoms with E-state index in [1.165, 1.54) is 11.8 Å². The van der Waals surface area contributed by atoms with Crippen molar-refractivity contribution in [3.8, 4) is 0 Å². The molecule has 0 aliphatic rings. The normalized spacial score (nSPS) is 12.3. The molecule has 1 amide bonds. The Hall–Kier alpha value is 1.17. The summed E-state index contributed by atoms with van der Waals surface area (Å²) in [4.78, 5) is 11.6. The molecular formula is C10H18NNaO4S4. The van der Waals surface area contributed by atoms with Crippen molar-refractivity contribution < 1.29 is 47.3 Å². The van der Waals surface area contributed by atoms with Gasteiger partial charge in [0.15, 0.2) is 0 Å². The van der Waals surface area contributed by atoms with Gasteiger partial charge in [0.25, 0.3) is 0 Å². The minimum atomic E-state index is -4.28. The predicted octanol–water partition coefficient (Wildman–Crippen LogP) is -1.41. The van der Waals surface area contributed by atoms with Crippen LogP contribution < -0.4 is 34.9 Å². The van der Waals surface area contributed by atoms with Crippen LogP contribution in [-0.2, 0) is 14.9 Å². The Morgan fingerprint density at radius 3 is 2.55 bits per heavy atom. The zero-order chi connectivity index (χ0) is 14.9. The molecule has 20 heavy (non-hydrogen) atoms. The van der Waals surface area contributed by atoms with Gasteiger partial charge in [-0.25, -0.2) is 8.42 Å². The smallest absolute Gasteiger partial charge is 0.748 e. The minimum Gasteiger partial charge on any atom is -0.748 e. The maximum absolute atomic E-state index is 11.6. The summed E-state index contributed by atoms with van der Waals surface area (Å²) < 4.78 is 31.8. The average molecular weight is 368 g/mol. The molecule has 0 aliphatic heterocycles. The van der Waals surface area contributed by atoms with E-state index in [0.717, 1.165) is 18.6 Å². The van der Waals surface area contributed by atoms with Crippen molar-refractivity contribution >= 4 is 55.3 Å². The van der Waals surface area contributed by atoms with E-state index >= 15 is 0 Å². The minimum absolute atomic E-state index is 0. The first kappa shape index (κ1) is 23.4. The first-order valence-corrected chi connectivity index (χ1v) is 9.66. The monoisotopic (exact) mass is 367 g/mol. The Labute approximate surface area is 156 Å². The first-order chi connectivity index (χ1) is 8.76. The molecule has 0 radical (unpaired) electrons. The standard InChI is InChI=1S/C10H19NO4S4.Na/c1-3-4-6-17-10(16)18-8(2)9(12)11-5-7-19(13,14)15;/h8H,3-7H2,1-2H3,(H,11,12)(H,13,14,15);/q;+1/p-1. The third kappa shape index (κ3) is 14.1. The summed E-state index contributed by atoms with van der Waals surface area (Å²) in [5, 5.41) is 2.01. The van der Waals surface area contributed by atoms with Crippen LogP contribution in [0.5, 0.6) is 0 Å². The van der Waals surface area contributed by atoms with Crippen LogP contribution in [-0.4, -0.2) is 45.7 Å². The number of unbranched alkanes of at least 4 members (excludes halogenated alkanes) is 1. The van der Waals surface area contributed by atoms with Crippen molar-refractivity contribution in [2.45, 2.75) is 31.9 Å². The van der Waals surface area contributed by atoms with Gasteiger partial charge >= 0.3 is 29.6 Å². The molecule has 0 fully saturated rings. The van der Waals surface area contributed by atoms with Crippen LogP contribution in [0.4, 0.5) is 0 Å². The zero-order valence-corrected chi connectivity index (χ0v) is 17.1. The number of thioether (sulfide) groups is 2. The summed E-state index contributed by atoms with van der Waals surface area (Å²) in [6, 6.07) is 0. The molecule has 0 saturated carbocycles. The van der Waals surface area contributed by atoms with Gasteiger partial charge in [-0.05, 0) is 19.1 Å². The third-order valence-corrected chi connectivity index (χ3v) is 5.49. The van der Waals surface area contributed by atoms with E-state index in [2.05, 4.69) is 12.2 Å². The molecule has 112 valence electrons.